The van der Waals surface area contributed by atoms with Gasteiger partial charge in [-0.25, -0.2) is 13.9 Å². The molecule has 37 heavy (non-hydrogen) atoms. The molecule has 0 aliphatic heterocycles. The fourth-order valence-electron chi connectivity index (χ4n) is 4.48. The maximum Gasteiger partial charge on any atom is 0.261 e. The molecule has 0 spiro atoms. The molecule has 4 N–H and O–H groups in total. The van der Waals surface area contributed by atoms with Gasteiger partial charge in [-0.05, 0) is 48.7 Å². The van der Waals surface area contributed by atoms with E-state index in [4.69, 9.17) is 5.21 Å². The number of carbonyl (C=O) groups excluding carboxylic acids is 2. The number of nitrogens with zero attached hydrogens (tertiary/aromatic N) is 1. The lowest BCUT2D eigenvalue weighted by molar-refractivity contribution is -0.166. The van der Waals surface area contributed by atoms with Crippen molar-refractivity contribution in [2.45, 2.75) is 49.8 Å². The summed E-state index contributed by atoms with van der Waals surface area (Å²) in [6.45, 7) is 1.91. The molecule has 2 amide bonds. The molecule has 1 aliphatic carbocycles. The summed E-state index contributed by atoms with van der Waals surface area (Å²) in [5.74, 6) is -1.15. The fourth-order valence-corrected chi connectivity index (χ4v) is 5.54. The minimum Gasteiger partial charge on any atom is -0.367 e. The van der Waals surface area contributed by atoms with Gasteiger partial charge < -0.3 is 10.0 Å². The van der Waals surface area contributed by atoms with Gasteiger partial charge in [0.15, 0.2) is 5.72 Å². The number of carbonyl (C=O) groups is 2. The van der Waals surface area contributed by atoms with Crippen molar-refractivity contribution in [1.82, 2.24) is 10.4 Å². The molecule has 0 saturated heterocycles. The van der Waals surface area contributed by atoms with E-state index in [1.807, 2.05) is 19.1 Å². The zero-order valence-electron chi connectivity index (χ0n) is 20.3. The first-order valence-corrected chi connectivity index (χ1v) is 13.3. The van der Waals surface area contributed by atoms with Crippen LogP contribution in [0.3, 0.4) is 0 Å². The maximum absolute atomic E-state index is 13.2. The van der Waals surface area contributed by atoms with E-state index in [-0.39, 0.29) is 24.3 Å². The molecule has 0 unspecified atom stereocenters. The molecule has 194 valence electrons. The molecule has 0 bridgehead atoms. The first kappa shape index (κ1) is 26.3. The molecule has 3 aromatic carbocycles. The van der Waals surface area contributed by atoms with Gasteiger partial charge in [0.05, 0.1) is 4.90 Å². The van der Waals surface area contributed by atoms with Crippen molar-refractivity contribution in [3.63, 3.8) is 0 Å². The van der Waals surface area contributed by atoms with Crippen molar-refractivity contribution >= 4 is 27.5 Å². The van der Waals surface area contributed by atoms with Crippen LogP contribution in [-0.4, -0.2) is 35.4 Å². The van der Waals surface area contributed by atoms with Gasteiger partial charge in [-0.15, -0.1) is 0 Å². The van der Waals surface area contributed by atoms with Crippen LogP contribution in [0.25, 0.3) is 0 Å². The molecule has 4 rings (SSSR count). The number of rotatable bonds is 9. The van der Waals surface area contributed by atoms with Gasteiger partial charge in [0.1, 0.15) is 0 Å². The zero-order chi connectivity index (χ0) is 26.6. The van der Waals surface area contributed by atoms with Crippen molar-refractivity contribution in [3.8, 4) is 0 Å². The monoisotopic (exact) mass is 523 g/mol. The molecular weight excluding hydrogens is 494 g/mol. The second kappa shape index (κ2) is 10.7. The molecule has 0 radical (unpaired) electrons. The Bertz CT molecular complexity index is 1390. The summed E-state index contributed by atoms with van der Waals surface area (Å²) in [5.41, 5.74) is 3.50. The second-order valence-electron chi connectivity index (χ2n) is 9.10. The number of fused-ring (bicyclic) bond motifs is 1. The van der Waals surface area contributed by atoms with E-state index in [0.29, 0.717) is 29.7 Å². The van der Waals surface area contributed by atoms with Crippen LogP contribution < -0.4 is 10.2 Å². The van der Waals surface area contributed by atoms with Gasteiger partial charge >= 0.3 is 0 Å². The van der Waals surface area contributed by atoms with E-state index in [1.54, 1.807) is 48.5 Å². The SMILES string of the molecule is Cc1ccc(S(=O)(=O)Nc2ccc(CN(C(=O)CCC(=O)NO)[C@]3(O)CCc4ccccc43)cc2)cc1. The first-order chi connectivity index (χ1) is 17.6. The number of anilines is 1. The minimum absolute atomic E-state index is 0.0371. The third-order valence-corrected chi connectivity index (χ3v) is 7.91. The highest BCUT2D eigenvalue weighted by Gasteiger charge is 2.44. The van der Waals surface area contributed by atoms with Crippen LogP contribution in [-0.2, 0) is 38.3 Å². The Morgan fingerprint density at radius 2 is 1.65 bits per heavy atom. The van der Waals surface area contributed by atoms with Gasteiger partial charge in [0, 0.05) is 37.1 Å². The summed E-state index contributed by atoms with van der Waals surface area (Å²) < 4.78 is 28.0. The van der Waals surface area contributed by atoms with Crippen molar-refractivity contribution in [2.75, 3.05) is 4.72 Å². The highest BCUT2D eigenvalue weighted by atomic mass is 32.2. The van der Waals surface area contributed by atoms with Gasteiger partial charge in [0.25, 0.3) is 10.0 Å². The van der Waals surface area contributed by atoms with Crippen molar-refractivity contribution in [3.05, 3.63) is 95.1 Å². The average molecular weight is 524 g/mol. The molecule has 0 saturated carbocycles. The second-order valence-corrected chi connectivity index (χ2v) is 10.8. The zero-order valence-corrected chi connectivity index (χ0v) is 21.2. The van der Waals surface area contributed by atoms with Gasteiger partial charge in [0.2, 0.25) is 11.8 Å². The van der Waals surface area contributed by atoms with Crippen LogP contribution in [0.4, 0.5) is 5.69 Å². The van der Waals surface area contributed by atoms with Crippen LogP contribution in [0, 0.1) is 6.92 Å². The normalized spacial score (nSPS) is 16.6. The van der Waals surface area contributed by atoms with Gasteiger partial charge in [-0.3, -0.25) is 19.5 Å². The van der Waals surface area contributed by atoms with Crippen molar-refractivity contribution < 1.29 is 28.3 Å². The third kappa shape index (κ3) is 5.82. The molecule has 9 nitrogen and oxygen atoms in total. The van der Waals surface area contributed by atoms with E-state index in [1.165, 1.54) is 22.5 Å². The predicted octanol–water partition coefficient (Wildman–Crippen LogP) is 3.20. The predicted molar refractivity (Wildman–Crippen MR) is 137 cm³/mol. The maximum atomic E-state index is 13.2. The standard InChI is InChI=1S/C27H29N3O6S/c1-19-6-12-23(13-7-19)37(35,36)29-22-10-8-20(9-11-22)18-30(26(32)15-14-25(31)28-34)27(33)17-16-21-4-2-3-5-24(21)27/h2-13,29,33-34H,14-18H2,1H3,(H,28,31)/t27-/m0/s1. The number of sulfonamides is 1. The number of nitrogens with one attached hydrogen (secondary N) is 2. The summed E-state index contributed by atoms with van der Waals surface area (Å²) in [6, 6.07) is 20.4. The lowest BCUT2D eigenvalue weighted by atomic mass is 10.0. The quantitative estimate of drug-likeness (QED) is 0.193. The van der Waals surface area contributed by atoms with Crippen LogP contribution in [0.1, 0.15) is 41.5 Å². The van der Waals surface area contributed by atoms with Crippen LogP contribution >= 0.6 is 0 Å². The largest absolute Gasteiger partial charge is 0.367 e. The third-order valence-electron chi connectivity index (χ3n) is 6.51. The molecule has 0 heterocycles. The van der Waals surface area contributed by atoms with E-state index in [2.05, 4.69) is 4.72 Å². The Hall–Kier alpha value is -3.73. The number of hydrogen-bond donors (Lipinski definition) is 4. The topological polar surface area (TPSA) is 136 Å². The molecule has 1 atom stereocenters. The van der Waals surface area contributed by atoms with E-state index < -0.39 is 27.6 Å². The smallest absolute Gasteiger partial charge is 0.261 e. The number of amides is 2. The molecule has 0 aromatic heterocycles. The molecule has 10 heteroatoms. The lowest BCUT2D eigenvalue weighted by Crippen LogP contribution is -2.48. The first-order valence-electron chi connectivity index (χ1n) is 11.8. The number of hydroxylamine groups is 1. The summed E-state index contributed by atoms with van der Waals surface area (Å²) in [4.78, 5) is 26.2. The minimum atomic E-state index is -3.77. The average Bonchev–Trinajstić information content (AvgIpc) is 3.24. The van der Waals surface area contributed by atoms with Gasteiger partial charge in [-0.2, -0.15) is 0 Å². The van der Waals surface area contributed by atoms with Gasteiger partial charge in [-0.1, -0.05) is 54.1 Å². The number of aryl methyl sites for hydroxylation is 2. The summed E-state index contributed by atoms with van der Waals surface area (Å²) >= 11 is 0. The van der Waals surface area contributed by atoms with Crippen LogP contribution in [0.2, 0.25) is 0 Å². The van der Waals surface area contributed by atoms with Crippen molar-refractivity contribution in [2.24, 2.45) is 0 Å². The fraction of sp³-hybridized carbons (Fsp3) is 0.259. The Labute approximate surface area is 215 Å². The highest BCUT2D eigenvalue weighted by molar-refractivity contribution is 7.92. The number of benzene rings is 3. The Morgan fingerprint density at radius 3 is 2.32 bits per heavy atom. The van der Waals surface area contributed by atoms with E-state index in [9.17, 15) is 23.1 Å². The Morgan fingerprint density at radius 1 is 0.973 bits per heavy atom. The Kier molecular flexibility index (Phi) is 7.63. The van der Waals surface area contributed by atoms with E-state index in [0.717, 1.165) is 11.1 Å². The van der Waals surface area contributed by atoms with Crippen LogP contribution in [0.15, 0.2) is 77.7 Å². The molecule has 1 aliphatic rings. The Balaban J connectivity index is 1.56. The molecular formula is C27H29N3O6S. The van der Waals surface area contributed by atoms with Crippen molar-refractivity contribution in [1.29, 1.82) is 0 Å². The summed E-state index contributed by atoms with van der Waals surface area (Å²) in [6.07, 6.45) is 0.459. The summed E-state index contributed by atoms with van der Waals surface area (Å²) in [7, 11) is -3.77. The number of hydrogen-bond acceptors (Lipinski definition) is 6. The lowest BCUT2D eigenvalue weighted by Gasteiger charge is -2.38. The summed E-state index contributed by atoms with van der Waals surface area (Å²) in [5, 5.41) is 20.5. The highest BCUT2D eigenvalue weighted by Crippen LogP contribution is 2.40. The molecule has 0 fully saturated rings. The molecule has 3 aromatic rings. The van der Waals surface area contributed by atoms with E-state index >= 15 is 0 Å². The number of aliphatic hydroxyl groups is 1. The van der Waals surface area contributed by atoms with Crippen LogP contribution in [0.5, 0.6) is 0 Å².